The van der Waals surface area contributed by atoms with Crippen LogP contribution in [0.1, 0.15) is 12.8 Å². The van der Waals surface area contributed by atoms with Crippen LogP contribution in [-0.4, -0.2) is 31.0 Å². The number of nitrogens with one attached hydrogen (secondary N) is 1. The van der Waals surface area contributed by atoms with Gasteiger partial charge in [0.15, 0.2) is 0 Å². The lowest BCUT2D eigenvalue weighted by Gasteiger charge is -2.22. The van der Waals surface area contributed by atoms with Gasteiger partial charge in [0.2, 0.25) is 0 Å². The highest BCUT2D eigenvalue weighted by Crippen LogP contribution is 2.38. The fourth-order valence-corrected chi connectivity index (χ4v) is 2.68. The molecule has 4 heteroatoms. The molecule has 1 rings (SSSR count). The molecule has 1 fully saturated rings. The van der Waals surface area contributed by atoms with E-state index in [0.717, 1.165) is 5.75 Å². The standard InChI is InChI=1S/C8H15F2NS/c1-11-4-3-8(9,10)7-2-5-12-6-7/h7,11H,2-6H2,1H3. The Kier molecular flexibility index (Phi) is 3.77. The zero-order valence-corrected chi connectivity index (χ0v) is 8.09. The van der Waals surface area contributed by atoms with Gasteiger partial charge in [-0.3, -0.25) is 0 Å². The van der Waals surface area contributed by atoms with Crippen LogP contribution in [0.3, 0.4) is 0 Å². The molecule has 0 amide bonds. The van der Waals surface area contributed by atoms with Gasteiger partial charge < -0.3 is 5.32 Å². The summed E-state index contributed by atoms with van der Waals surface area (Å²) in [7, 11) is 1.71. The molecule has 0 aromatic rings. The van der Waals surface area contributed by atoms with E-state index in [1.54, 1.807) is 18.8 Å². The molecule has 1 N–H and O–H groups in total. The van der Waals surface area contributed by atoms with Crippen molar-refractivity contribution in [2.24, 2.45) is 5.92 Å². The van der Waals surface area contributed by atoms with Crippen molar-refractivity contribution in [1.29, 1.82) is 0 Å². The average Bonchev–Trinajstić information content (AvgIpc) is 2.53. The summed E-state index contributed by atoms with van der Waals surface area (Å²) in [6, 6.07) is 0. The molecular formula is C8H15F2NS. The van der Waals surface area contributed by atoms with Crippen molar-refractivity contribution in [3.8, 4) is 0 Å². The molecule has 12 heavy (non-hydrogen) atoms. The highest BCUT2D eigenvalue weighted by atomic mass is 32.2. The van der Waals surface area contributed by atoms with E-state index in [1.165, 1.54) is 0 Å². The summed E-state index contributed by atoms with van der Waals surface area (Å²) >= 11 is 1.64. The molecule has 1 aliphatic heterocycles. The minimum Gasteiger partial charge on any atom is -0.320 e. The van der Waals surface area contributed by atoms with E-state index < -0.39 is 5.92 Å². The molecule has 0 spiro atoms. The van der Waals surface area contributed by atoms with Crippen molar-refractivity contribution < 1.29 is 8.78 Å². The number of halogens is 2. The molecule has 1 aliphatic rings. The third kappa shape index (κ3) is 2.59. The molecule has 0 aromatic heterocycles. The first-order valence-electron chi connectivity index (χ1n) is 4.27. The SMILES string of the molecule is CNCCC(F)(F)C1CCSC1. The van der Waals surface area contributed by atoms with Crippen molar-refractivity contribution in [2.45, 2.75) is 18.8 Å². The first-order valence-corrected chi connectivity index (χ1v) is 5.42. The fraction of sp³-hybridized carbons (Fsp3) is 1.00. The van der Waals surface area contributed by atoms with Crippen LogP contribution >= 0.6 is 11.8 Å². The van der Waals surface area contributed by atoms with Gasteiger partial charge in [0.05, 0.1) is 0 Å². The summed E-state index contributed by atoms with van der Waals surface area (Å²) in [4.78, 5) is 0. The fourth-order valence-electron chi connectivity index (χ4n) is 1.36. The first-order chi connectivity index (χ1) is 5.67. The van der Waals surface area contributed by atoms with Gasteiger partial charge in [0.1, 0.15) is 0 Å². The summed E-state index contributed by atoms with van der Waals surface area (Å²) in [5.74, 6) is -1.29. The largest absolute Gasteiger partial charge is 0.320 e. The quantitative estimate of drug-likeness (QED) is 0.736. The minimum absolute atomic E-state index is 0.0191. The van der Waals surface area contributed by atoms with E-state index >= 15 is 0 Å². The van der Waals surface area contributed by atoms with Crippen LogP contribution < -0.4 is 5.32 Å². The van der Waals surface area contributed by atoms with Gasteiger partial charge in [0.25, 0.3) is 5.92 Å². The molecule has 0 saturated carbocycles. The van der Waals surface area contributed by atoms with Crippen molar-refractivity contribution in [2.75, 3.05) is 25.1 Å². The van der Waals surface area contributed by atoms with Crippen LogP contribution in [0.2, 0.25) is 0 Å². The van der Waals surface area contributed by atoms with Crippen LogP contribution in [0.25, 0.3) is 0 Å². The number of hydrogen-bond acceptors (Lipinski definition) is 2. The second-order valence-electron chi connectivity index (χ2n) is 3.18. The maximum Gasteiger partial charge on any atom is 0.252 e. The Balaban J connectivity index is 2.34. The number of thioether (sulfide) groups is 1. The van der Waals surface area contributed by atoms with E-state index in [4.69, 9.17) is 0 Å². The maximum absolute atomic E-state index is 13.3. The zero-order valence-electron chi connectivity index (χ0n) is 7.28. The third-order valence-corrected chi connectivity index (χ3v) is 3.40. The van der Waals surface area contributed by atoms with Crippen LogP contribution in [-0.2, 0) is 0 Å². The van der Waals surface area contributed by atoms with Crippen molar-refractivity contribution >= 4 is 11.8 Å². The normalized spacial score (nSPS) is 24.8. The topological polar surface area (TPSA) is 12.0 Å². The van der Waals surface area contributed by atoms with Crippen LogP contribution in [0.15, 0.2) is 0 Å². The van der Waals surface area contributed by atoms with Gasteiger partial charge in [-0.2, -0.15) is 11.8 Å². The second kappa shape index (κ2) is 4.42. The average molecular weight is 195 g/mol. The number of rotatable bonds is 4. The number of hydrogen-bond donors (Lipinski definition) is 1. The predicted molar refractivity (Wildman–Crippen MR) is 48.9 cm³/mol. The Morgan fingerprint density at radius 1 is 1.58 bits per heavy atom. The summed E-state index contributed by atoms with van der Waals surface area (Å²) in [5, 5.41) is 2.76. The summed E-state index contributed by atoms with van der Waals surface area (Å²) in [6.45, 7) is 0.411. The van der Waals surface area contributed by atoms with Gasteiger partial charge in [-0.05, 0) is 19.2 Å². The lowest BCUT2D eigenvalue weighted by atomic mass is 9.98. The minimum atomic E-state index is -2.45. The molecular weight excluding hydrogens is 180 g/mol. The van der Waals surface area contributed by atoms with E-state index in [0.29, 0.717) is 18.7 Å². The summed E-state index contributed by atoms with van der Waals surface area (Å²) in [5.41, 5.74) is 0. The predicted octanol–water partition coefficient (Wildman–Crippen LogP) is 1.98. The van der Waals surface area contributed by atoms with Gasteiger partial charge >= 0.3 is 0 Å². The van der Waals surface area contributed by atoms with E-state index in [1.807, 2.05) is 0 Å². The smallest absolute Gasteiger partial charge is 0.252 e. The Labute approximate surface area is 76.3 Å². The van der Waals surface area contributed by atoms with Crippen molar-refractivity contribution in [3.05, 3.63) is 0 Å². The second-order valence-corrected chi connectivity index (χ2v) is 4.32. The zero-order chi connectivity index (χ0) is 9.03. The Morgan fingerprint density at radius 3 is 2.83 bits per heavy atom. The van der Waals surface area contributed by atoms with E-state index in [-0.39, 0.29) is 12.3 Å². The molecule has 1 saturated heterocycles. The van der Waals surface area contributed by atoms with Crippen LogP contribution in [0, 0.1) is 5.92 Å². The van der Waals surface area contributed by atoms with E-state index in [2.05, 4.69) is 5.32 Å². The van der Waals surface area contributed by atoms with Gasteiger partial charge in [0, 0.05) is 24.6 Å². The van der Waals surface area contributed by atoms with Gasteiger partial charge in [-0.25, -0.2) is 8.78 Å². The Hall–Kier alpha value is 0.170. The molecule has 0 aromatic carbocycles. The van der Waals surface area contributed by atoms with Gasteiger partial charge in [-0.15, -0.1) is 0 Å². The summed E-state index contributed by atoms with van der Waals surface area (Å²) < 4.78 is 26.5. The molecule has 1 unspecified atom stereocenters. The van der Waals surface area contributed by atoms with Gasteiger partial charge in [-0.1, -0.05) is 0 Å². The lowest BCUT2D eigenvalue weighted by Crippen LogP contribution is -2.31. The first kappa shape index (κ1) is 10.3. The van der Waals surface area contributed by atoms with E-state index in [9.17, 15) is 8.78 Å². The maximum atomic E-state index is 13.3. The molecule has 72 valence electrons. The van der Waals surface area contributed by atoms with Crippen LogP contribution in [0.4, 0.5) is 8.78 Å². The molecule has 1 heterocycles. The number of alkyl halides is 2. The molecule has 0 aliphatic carbocycles. The lowest BCUT2D eigenvalue weighted by molar-refractivity contribution is -0.0547. The summed E-state index contributed by atoms with van der Waals surface area (Å²) in [6.07, 6.45) is 0.663. The van der Waals surface area contributed by atoms with Crippen LogP contribution in [0.5, 0.6) is 0 Å². The highest BCUT2D eigenvalue weighted by molar-refractivity contribution is 7.99. The molecule has 1 nitrogen and oxygen atoms in total. The van der Waals surface area contributed by atoms with Crippen molar-refractivity contribution in [1.82, 2.24) is 5.32 Å². The Bertz CT molecular complexity index is 135. The highest BCUT2D eigenvalue weighted by Gasteiger charge is 2.40. The Morgan fingerprint density at radius 2 is 2.33 bits per heavy atom. The van der Waals surface area contributed by atoms with Crippen molar-refractivity contribution in [3.63, 3.8) is 0 Å². The molecule has 1 atom stereocenters. The monoisotopic (exact) mass is 195 g/mol. The molecule has 0 bridgehead atoms. The third-order valence-electron chi connectivity index (χ3n) is 2.24. The molecule has 0 radical (unpaired) electrons.